The topological polar surface area (TPSA) is 77.0 Å². The fourth-order valence-corrected chi connectivity index (χ4v) is 2.61. The fourth-order valence-electron chi connectivity index (χ4n) is 2.61. The van der Waals surface area contributed by atoms with Gasteiger partial charge in [0, 0.05) is 25.5 Å². The molecule has 6 nitrogen and oxygen atoms in total. The summed E-state index contributed by atoms with van der Waals surface area (Å²) in [4.78, 5) is 17.6. The van der Waals surface area contributed by atoms with Crippen LogP contribution in [0.3, 0.4) is 0 Å². The molecule has 1 aliphatic rings. The predicted molar refractivity (Wildman–Crippen MR) is 75.0 cm³/mol. The van der Waals surface area contributed by atoms with Crippen LogP contribution in [-0.4, -0.2) is 38.7 Å². The Morgan fingerprint density at radius 1 is 1.33 bits per heavy atom. The molecule has 0 saturated carbocycles. The van der Waals surface area contributed by atoms with Gasteiger partial charge in [0.25, 0.3) is 5.91 Å². The zero-order valence-corrected chi connectivity index (χ0v) is 11.4. The molecule has 2 aromatic heterocycles. The number of carbonyl (C=O) groups is 1. The molecule has 1 saturated heterocycles. The summed E-state index contributed by atoms with van der Waals surface area (Å²) in [5.74, 6) is -0.370. The zero-order valence-electron chi connectivity index (χ0n) is 11.4. The van der Waals surface area contributed by atoms with Gasteiger partial charge < -0.3 is 10.6 Å². The first-order valence-electron chi connectivity index (χ1n) is 6.84. The van der Waals surface area contributed by atoms with Gasteiger partial charge in [0.2, 0.25) is 0 Å². The van der Waals surface area contributed by atoms with E-state index in [9.17, 15) is 9.18 Å². The largest absolute Gasteiger partial charge is 0.382 e. The number of anilines is 1. The van der Waals surface area contributed by atoms with E-state index in [0.29, 0.717) is 18.9 Å². The maximum atomic E-state index is 13.6. The van der Waals surface area contributed by atoms with Crippen molar-refractivity contribution in [3.8, 4) is 0 Å². The van der Waals surface area contributed by atoms with Gasteiger partial charge in [-0.15, -0.1) is 0 Å². The summed E-state index contributed by atoms with van der Waals surface area (Å²) in [6, 6.07) is 3.40. The molecule has 1 fully saturated rings. The molecule has 7 heteroatoms. The van der Waals surface area contributed by atoms with Gasteiger partial charge >= 0.3 is 0 Å². The Bertz CT molecular complexity index is 648. The number of nitrogen functional groups attached to an aromatic ring is 1. The molecule has 1 amide bonds. The molecular formula is C14H16FN5O. The minimum Gasteiger partial charge on any atom is -0.382 e. The van der Waals surface area contributed by atoms with Gasteiger partial charge in [-0.3, -0.25) is 14.5 Å². The van der Waals surface area contributed by atoms with Gasteiger partial charge in [0.15, 0.2) is 5.82 Å². The monoisotopic (exact) mass is 289 g/mol. The average Bonchev–Trinajstić information content (AvgIpc) is 2.94. The molecule has 0 spiro atoms. The van der Waals surface area contributed by atoms with E-state index >= 15 is 0 Å². The van der Waals surface area contributed by atoms with E-state index in [4.69, 9.17) is 5.73 Å². The van der Waals surface area contributed by atoms with Crippen LogP contribution in [0.15, 0.2) is 30.7 Å². The van der Waals surface area contributed by atoms with E-state index in [1.807, 2.05) is 10.9 Å². The number of aromatic nitrogens is 3. The van der Waals surface area contributed by atoms with Gasteiger partial charge in [-0.25, -0.2) is 4.39 Å². The van der Waals surface area contributed by atoms with Crippen LogP contribution < -0.4 is 5.73 Å². The van der Waals surface area contributed by atoms with Crippen molar-refractivity contribution in [2.75, 3.05) is 18.8 Å². The van der Waals surface area contributed by atoms with Crippen LogP contribution in [0.5, 0.6) is 0 Å². The van der Waals surface area contributed by atoms with Crippen LogP contribution in [0.25, 0.3) is 0 Å². The highest BCUT2D eigenvalue weighted by molar-refractivity contribution is 5.94. The van der Waals surface area contributed by atoms with Crippen molar-refractivity contribution in [3.63, 3.8) is 0 Å². The SMILES string of the molecule is Nc1ccn(C2CCN(C(=O)c3ccncc3F)CC2)n1. The van der Waals surface area contributed by atoms with Gasteiger partial charge in [-0.2, -0.15) is 5.10 Å². The van der Waals surface area contributed by atoms with E-state index in [1.54, 1.807) is 11.0 Å². The van der Waals surface area contributed by atoms with Crippen LogP contribution in [0.1, 0.15) is 29.2 Å². The number of rotatable bonds is 2. The Morgan fingerprint density at radius 3 is 2.71 bits per heavy atom. The molecule has 1 aliphatic heterocycles. The Morgan fingerprint density at radius 2 is 2.10 bits per heavy atom. The predicted octanol–water partition coefficient (Wildman–Crippen LogP) is 1.48. The number of halogens is 1. The molecule has 3 rings (SSSR count). The van der Waals surface area contributed by atoms with Gasteiger partial charge in [-0.05, 0) is 25.0 Å². The Balaban J connectivity index is 1.66. The number of carbonyl (C=O) groups excluding carboxylic acids is 1. The first kappa shape index (κ1) is 13.5. The van der Waals surface area contributed by atoms with Crippen LogP contribution in [0.4, 0.5) is 10.2 Å². The second kappa shape index (κ2) is 5.51. The number of piperidine rings is 1. The number of nitrogens with zero attached hydrogens (tertiary/aromatic N) is 4. The molecule has 0 atom stereocenters. The van der Waals surface area contributed by atoms with Crippen molar-refractivity contribution in [1.29, 1.82) is 0 Å². The normalized spacial score (nSPS) is 16.1. The molecule has 21 heavy (non-hydrogen) atoms. The van der Waals surface area contributed by atoms with E-state index < -0.39 is 5.82 Å². The minimum absolute atomic E-state index is 0.0757. The lowest BCUT2D eigenvalue weighted by Crippen LogP contribution is -2.39. The van der Waals surface area contributed by atoms with Crippen LogP contribution in [0.2, 0.25) is 0 Å². The first-order valence-corrected chi connectivity index (χ1v) is 6.84. The number of hydrogen-bond acceptors (Lipinski definition) is 4. The summed E-state index contributed by atoms with van der Waals surface area (Å²) in [6.07, 6.45) is 5.89. The molecule has 0 radical (unpaired) electrons. The first-order chi connectivity index (χ1) is 10.1. The van der Waals surface area contributed by atoms with Crippen LogP contribution in [-0.2, 0) is 0 Å². The number of hydrogen-bond donors (Lipinski definition) is 1. The molecule has 0 bridgehead atoms. The van der Waals surface area contributed by atoms with Crippen molar-refractivity contribution < 1.29 is 9.18 Å². The van der Waals surface area contributed by atoms with Crippen LogP contribution in [0, 0.1) is 5.82 Å². The molecule has 0 unspecified atom stereocenters. The number of likely N-dealkylation sites (tertiary alicyclic amines) is 1. The molecule has 3 heterocycles. The maximum Gasteiger partial charge on any atom is 0.256 e. The summed E-state index contributed by atoms with van der Waals surface area (Å²) in [5, 5.41) is 4.20. The second-order valence-electron chi connectivity index (χ2n) is 5.10. The second-order valence-corrected chi connectivity index (χ2v) is 5.10. The van der Waals surface area contributed by atoms with Crippen molar-refractivity contribution in [2.45, 2.75) is 18.9 Å². The Kier molecular flexibility index (Phi) is 3.55. The maximum absolute atomic E-state index is 13.6. The third kappa shape index (κ3) is 2.72. The van der Waals surface area contributed by atoms with Crippen molar-refractivity contribution in [3.05, 3.63) is 42.1 Å². The van der Waals surface area contributed by atoms with Gasteiger partial charge in [0.05, 0.1) is 17.8 Å². The molecule has 0 aliphatic carbocycles. The van der Waals surface area contributed by atoms with Crippen molar-refractivity contribution in [2.24, 2.45) is 0 Å². The quantitative estimate of drug-likeness (QED) is 0.908. The summed E-state index contributed by atoms with van der Waals surface area (Å²) in [5.41, 5.74) is 5.69. The lowest BCUT2D eigenvalue weighted by atomic mass is 10.0. The summed E-state index contributed by atoms with van der Waals surface area (Å²) in [7, 11) is 0. The number of amides is 1. The molecule has 110 valence electrons. The summed E-state index contributed by atoms with van der Waals surface area (Å²) >= 11 is 0. The lowest BCUT2D eigenvalue weighted by Gasteiger charge is -2.32. The average molecular weight is 289 g/mol. The van der Waals surface area contributed by atoms with Crippen molar-refractivity contribution in [1.82, 2.24) is 19.7 Å². The highest BCUT2D eigenvalue weighted by Gasteiger charge is 2.26. The Labute approximate surface area is 121 Å². The Hall–Kier alpha value is -2.44. The third-order valence-electron chi connectivity index (χ3n) is 3.76. The van der Waals surface area contributed by atoms with E-state index in [-0.39, 0.29) is 17.5 Å². The number of pyridine rings is 1. The van der Waals surface area contributed by atoms with E-state index in [1.165, 1.54) is 12.3 Å². The fraction of sp³-hybridized carbons (Fsp3) is 0.357. The smallest absolute Gasteiger partial charge is 0.256 e. The molecule has 0 aromatic carbocycles. The summed E-state index contributed by atoms with van der Waals surface area (Å²) in [6.45, 7) is 1.15. The molecule has 2 aromatic rings. The lowest BCUT2D eigenvalue weighted by molar-refractivity contribution is 0.0685. The highest BCUT2D eigenvalue weighted by Crippen LogP contribution is 2.23. The minimum atomic E-state index is -0.579. The standard InChI is InChI=1S/C14H16FN5O/c15-12-9-17-5-1-11(12)14(21)19-6-2-10(3-7-19)20-8-4-13(16)18-20/h1,4-5,8-10H,2-3,6-7H2,(H2,16,18). The zero-order chi connectivity index (χ0) is 14.8. The molecular weight excluding hydrogens is 273 g/mol. The van der Waals surface area contributed by atoms with E-state index in [2.05, 4.69) is 10.1 Å². The van der Waals surface area contributed by atoms with E-state index in [0.717, 1.165) is 19.0 Å². The van der Waals surface area contributed by atoms with Gasteiger partial charge in [0.1, 0.15) is 5.82 Å². The molecule has 2 N–H and O–H groups in total. The highest BCUT2D eigenvalue weighted by atomic mass is 19.1. The number of nitrogens with two attached hydrogens (primary N) is 1. The van der Waals surface area contributed by atoms with Crippen molar-refractivity contribution >= 4 is 11.7 Å². The van der Waals surface area contributed by atoms with Crippen LogP contribution >= 0.6 is 0 Å². The summed E-state index contributed by atoms with van der Waals surface area (Å²) < 4.78 is 15.4. The van der Waals surface area contributed by atoms with Gasteiger partial charge in [-0.1, -0.05) is 0 Å². The third-order valence-corrected chi connectivity index (χ3v) is 3.76.